The number of hydrogen-bond acceptors (Lipinski definition) is 3. The van der Waals surface area contributed by atoms with Crippen LogP contribution < -0.4 is 5.32 Å². The summed E-state index contributed by atoms with van der Waals surface area (Å²) < 4.78 is 5.39. The van der Waals surface area contributed by atoms with E-state index in [1.807, 2.05) is 49.1 Å². The predicted octanol–water partition coefficient (Wildman–Crippen LogP) is 3.34. The Bertz CT molecular complexity index is 523. The molecule has 1 aliphatic rings. The first-order valence-electron chi connectivity index (χ1n) is 8.84. The van der Waals surface area contributed by atoms with E-state index in [9.17, 15) is 9.59 Å². The fraction of sp³-hybridized carbons (Fsp3) is 0.579. The number of esters is 1. The molecule has 0 spiro atoms. The van der Waals surface area contributed by atoms with Crippen LogP contribution in [0.4, 0.5) is 4.79 Å². The molecule has 5 nitrogen and oxygen atoms in total. The monoisotopic (exact) mass is 332 g/mol. The third kappa shape index (κ3) is 5.55. The third-order valence-electron chi connectivity index (χ3n) is 4.32. The quantitative estimate of drug-likeness (QED) is 0.841. The minimum atomic E-state index is -0.621. The maximum Gasteiger partial charge on any atom is 0.329 e. The summed E-state index contributed by atoms with van der Waals surface area (Å²) in [6.45, 7) is 5.57. The van der Waals surface area contributed by atoms with Crippen molar-refractivity contribution >= 4 is 12.0 Å². The minimum absolute atomic E-state index is 0.0239. The van der Waals surface area contributed by atoms with Gasteiger partial charge in [0.1, 0.15) is 12.6 Å². The van der Waals surface area contributed by atoms with Gasteiger partial charge in [-0.3, -0.25) is 0 Å². The van der Waals surface area contributed by atoms with Gasteiger partial charge in [-0.05, 0) is 24.3 Å². The molecule has 0 saturated carbocycles. The van der Waals surface area contributed by atoms with Crippen molar-refractivity contribution in [3.63, 3.8) is 0 Å². The van der Waals surface area contributed by atoms with Gasteiger partial charge in [0.2, 0.25) is 0 Å². The number of ether oxygens (including phenoxy) is 1. The van der Waals surface area contributed by atoms with E-state index in [0.717, 1.165) is 44.3 Å². The summed E-state index contributed by atoms with van der Waals surface area (Å²) in [4.78, 5) is 26.7. The lowest BCUT2D eigenvalue weighted by atomic mass is 10.0. The smallest absolute Gasteiger partial charge is 0.329 e. The maximum absolute atomic E-state index is 12.5. The van der Waals surface area contributed by atoms with Gasteiger partial charge in [-0.1, -0.05) is 57.0 Å². The van der Waals surface area contributed by atoms with Gasteiger partial charge in [0.25, 0.3) is 0 Å². The molecule has 24 heavy (non-hydrogen) atoms. The van der Waals surface area contributed by atoms with Crippen molar-refractivity contribution in [2.24, 2.45) is 5.92 Å². The van der Waals surface area contributed by atoms with Gasteiger partial charge < -0.3 is 15.0 Å². The average Bonchev–Trinajstić information content (AvgIpc) is 2.87. The van der Waals surface area contributed by atoms with Gasteiger partial charge >= 0.3 is 12.0 Å². The average molecular weight is 332 g/mol. The van der Waals surface area contributed by atoms with Crippen molar-refractivity contribution in [2.75, 3.05) is 13.1 Å². The van der Waals surface area contributed by atoms with Crippen LogP contribution >= 0.6 is 0 Å². The molecule has 132 valence electrons. The fourth-order valence-corrected chi connectivity index (χ4v) is 2.81. The van der Waals surface area contributed by atoms with E-state index < -0.39 is 6.04 Å². The Morgan fingerprint density at radius 3 is 2.29 bits per heavy atom. The first kappa shape index (κ1) is 18.3. The summed E-state index contributed by atoms with van der Waals surface area (Å²) in [5, 5.41) is 2.86. The number of rotatable bonds is 5. The molecule has 1 atom stereocenters. The van der Waals surface area contributed by atoms with Crippen LogP contribution in [0.2, 0.25) is 0 Å². The summed E-state index contributed by atoms with van der Waals surface area (Å²) in [7, 11) is 0. The van der Waals surface area contributed by atoms with Gasteiger partial charge in [0, 0.05) is 13.1 Å². The summed E-state index contributed by atoms with van der Waals surface area (Å²) in [6, 6.07) is 8.77. The van der Waals surface area contributed by atoms with E-state index in [1.54, 1.807) is 0 Å². The van der Waals surface area contributed by atoms with Crippen LogP contribution in [0.15, 0.2) is 30.3 Å². The normalized spacial score (nSPS) is 16.4. The number of nitrogens with zero attached hydrogens (tertiary/aromatic N) is 1. The second-order valence-corrected chi connectivity index (χ2v) is 6.67. The highest BCUT2D eigenvalue weighted by molar-refractivity contribution is 5.83. The van der Waals surface area contributed by atoms with E-state index >= 15 is 0 Å². The van der Waals surface area contributed by atoms with Crippen LogP contribution in [0, 0.1) is 5.92 Å². The molecule has 2 amide bonds. The van der Waals surface area contributed by atoms with Crippen LogP contribution in [0.5, 0.6) is 0 Å². The molecule has 1 aliphatic heterocycles. The topological polar surface area (TPSA) is 58.6 Å². The molecule has 0 bridgehead atoms. The number of carbonyl (C=O) groups is 2. The molecule has 1 aromatic carbocycles. The lowest BCUT2D eigenvalue weighted by molar-refractivity contribution is -0.148. The van der Waals surface area contributed by atoms with Crippen molar-refractivity contribution in [2.45, 2.75) is 52.2 Å². The van der Waals surface area contributed by atoms with Crippen LogP contribution in [-0.4, -0.2) is 36.0 Å². The van der Waals surface area contributed by atoms with Crippen molar-refractivity contribution in [3.8, 4) is 0 Å². The van der Waals surface area contributed by atoms with Crippen molar-refractivity contribution in [3.05, 3.63) is 35.9 Å². The summed E-state index contributed by atoms with van der Waals surface area (Å²) in [5.74, 6) is -0.402. The molecule has 1 fully saturated rings. The number of benzene rings is 1. The first-order valence-corrected chi connectivity index (χ1v) is 8.84. The highest BCUT2D eigenvalue weighted by Crippen LogP contribution is 2.12. The molecule has 1 heterocycles. The van der Waals surface area contributed by atoms with Crippen molar-refractivity contribution < 1.29 is 14.3 Å². The van der Waals surface area contributed by atoms with E-state index in [1.165, 1.54) is 0 Å². The first-order chi connectivity index (χ1) is 11.6. The van der Waals surface area contributed by atoms with Crippen LogP contribution in [0.3, 0.4) is 0 Å². The standard InChI is InChI=1S/C19H28N2O3/c1-15(2)17(18(22)24-14-16-10-6-5-7-11-16)20-19(23)21-12-8-3-4-9-13-21/h5-7,10-11,15,17H,3-4,8-9,12-14H2,1-2H3,(H,20,23)/t17-/m0/s1. The number of carbonyl (C=O) groups excluding carboxylic acids is 2. The van der Waals surface area contributed by atoms with Crippen molar-refractivity contribution in [1.29, 1.82) is 0 Å². The van der Waals surface area contributed by atoms with Gasteiger partial charge in [0.15, 0.2) is 0 Å². The van der Waals surface area contributed by atoms with E-state index in [-0.39, 0.29) is 24.5 Å². The Kier molecular flexibility index (Phi) is 7.09. The number of urea groups is 1. The van der Waals surface area contributed by atoms with Gasteiger partial charge in [-0.15, -0.1) is 0 Å². The molecule has 1 aromatic rings. The molecular weight excluding hydrogens is 304 g/mol. The Morgan fingerprint density at radius 1 is 1.08 bits per heavy atom. The highest BCUT2D eigenvalue weighted by Gasteiger charge is 2.28. The maximum atomic E-state index is 12.5. The van der Waals surface area contributed by atoms with Crippen LogP contribution in [0.25, 0.3) is 0 Å². The number of nitrogens with one attached hydrogen (secondary N) is 1. The number of hydrogen-bond donors (Lipinski definition) is 1. The molecular formula is C19H28N2O3. The SMILES string of the molecule is CC(C)[C@H](NC(=O)N1CCCCCC1)C(=O)OCc1ccccc1. The van der Waals surface area contributed by atoms with Gasteiger partial charge in [-0.2, -0.15) is 0 Å². The van der Waals surface area contributed by atoms with Gasteiger partial charge in [0.05, 0.1) is 0 Å². The Labute approximate surface area is 144 Å². The van der Waals surface area contributed by atoms with E-state index in [0.29, 0.717) is 0 Å². The van der Waals surface area contributed by atoms with Gasteiger partial charge in [-0.25, -0.2) is 9.59 Å². The molecule has 1 N–H and O–H groups in total. The third-order valence-corrected chi connectivity index (χ3v) is 4.32. The summed E-state index contributed by atoms with van der Waals surface area (Å²) >= 11 is 0. The van der Waals surface area contributed by atoms with Crippen molar-refractivity contribution in [1.82, 2.24) is 10.2 Å². The predicted molar refractivity (Wildman–Crippen MR) is 93.4 cm³/mol. The summed E-state index contributed by atoms with van der Waals surface area (Å²) in [6.07, 6.45) is 4.38. The second kappa shape index (κ2) is 9.30. The molecule has 0 unspecified atom stereocenters. The zero-order chi connectivity index (χ0) is 17.4. The number of amides is 2. The highest BCUT2D eigenvalue weighted by atomic mass is 16.5. The Balaban J connectivity index is 1.90. The molecule has 2 rings (SSSR count). The van der Waals surface area contributed by atoms with E-state index in [4.69, 9.17) is 4.74 Å². The molecule has 1 saturated heterocycles. The Hall–Kier alpha value is -2.04. The summed E-state index contributed by atoms with van der Waals surface area (Å²) in [5.41, 5.74) is 0.937. The van der Waals surface area contributed by atoms with Crippen LogP contribution in [0.1, 0.15) is 45.1 Å². The molecule has 5 heteroatoms. The fourth-order valence-electron chi connectivity index (χ4n) is 2.81. The molecule has 0 radical (unpaired) electrons. The second-order valence-electron chi connectivity index (χ2n) is 6.67. The zero-order valence-corrected chi connectivity index (χ0v) is 14.7. The molecule has 0 aliphatic carbocycles. The largest absolute Gasteiger partial charge is 0.459 e. The minimum Gasteiger partial charge on any atom is -0.459 e. The number of likely N-dealkylation sites (tertiary alicyclic amines) is 1. The molecule has 0 aromatic heterocycles. The van der Waals surface area contributed by atoms with E-state index in [2.05, 4.69) is 5.32 Å². The zero-order valence-electron chi connectivity index (χ0n) is 14.7. The van der Waals surface area contributed by atoms with Crippen LogP contribution in [-0.2, 0) is 16.1 Å². The Morgan fingerprint density at radius 2 is 1.71 bits per heavy atom. The lowest BCUT2D eigenvalue weighted by Gasteiger charge is -2.26. The lowest BCUT2D eigenvalue weighted by Crippen LogP contribution is -2.50.